The van der Waals surface area contributed by atoms with Gasteiger partial charge in [-0.05, 0) is 31.5 Å². The fraction of sp³-hybridized carbons (Fsp3) is 0.462. The zero-order valence-electron chi connectivity index (χ0n) is 10.7. The molecular weight excluding hydrogens is 235 g/mol. The molecule has 18 heavy (non-hydrogen) atoms. The van der Waals surface area contributed by atoms with Crippen LogP contribution < -0.4 is 10.6 Å². The second-order valence-corrected chi connectivity index (χ2v) is 3.95. The first-order chi connectivity index (χ1) is 8.60. The molecule has 100 valence electrons. The SMILES string of the molecule is CCN(C(=O)C(N)CCOC)c1cccc(F)c1. The van der Waals surface area contributed by atoms with Crippen LogP contribution in [0, 0.1) is 5.82 Å². The molecule has 1 unspecified atom stereocenters. The fourth-order valence-electron chi connectivity index (χ4n) is 1.68. The number of halogens is 1. The fourth-order valence-corrected chi connectivity index (χ4v) is 1.68. The van der Waals surface area contributed by atoms with Crippen molar-refractivity contribution in [1.82, 2.24) is 0 Å². The van der Waals surface area contributed by atoms with E-state index in [4.69, 9.17) is 10.5 Å². The summed E-state index contributed by atoms with van der Waals surface area (Å²) in [7, 11) is 1.56. The van der Waals surface area contributed by atoms with E-state index < -0.39 is 6.04 Å². The minimum absolute atomic E-state index is 0.222. The van der Waals surface area contributed by atoms with Gasteiger partial charge in [-0.15, -0.1) is 0 Å². The minimum atomic E-state index is -0.631. The average molecular weight is 254 g/mol. The molecule has 1 aromatic rings. The van der Waals surface area contributed by atoms with E-state index >= 15 is 0 Å². The summed E-state index contributed by atoms with van der Waals surface area (Å²) in [5.74, 6) is -0.593. The summed E-state index contributed by atoms with van der Waals surface area (Å²) >= 11 is 0. The number of anilines is 1. The zero-order chi connectivity index (χ0) is 13.5. The number of likely N-dealkylation sites (N-methyl/N-ethyl adjacent to an activating group) is 1. The number of nitrogens with zero attached hydrogens (tertiary/aromatic N) is 1. The number of carbonyl (C=O) groups is 1. The molecule has 0 aliphatic rings. The predicted octanol–water partition coefficient (Wildman–Crippen LogP) is 1.54. The summed E-state index contributed by atoms with van der Waals surface area (Å²) < 4.78 is 18.0. The van der Waals surface area contributed by atoms with Crippen molar-refractivity contribution in [3.63, 3.8) is 0 Å². The number of hydrogen-bond donors (Lipinski definition) is 1. The van der Waals surface area contributed by atoms with E-state index in [1.807, 2.05) is 6.92 Å². The van der Waals surface area contributed by atoms with E-state index in [0.29, 0.717) is 25.3 Å². The zero-order valence-corrected chi connectivity index (χ0v) is 10.7. The van der Waals surface area contributed by atoms with Crippen molar-refractivity contribution in [3.05, 3.63) is 30.1 Å². The Morgan fingerprint density at radius 3 is 2.83 bits per heavy atom. The Morgan fingerprint density at radius 2 is 2.28 bits per heavy atom. The normalized spacial score (nSPS) is 12.2. The Labute approximate surface area is 107 Å². The van der Waals surface area contributed by atoms with Crippen LogP contribution in [0.4, 0.5) is 10.1 Å². The minimum Gasteiger partial charge on any atom is -0.385 e. The lowest BCUT2D eigenvalue weighted by atomic mass is 10.2. The second kappa shape index (κ2) is 7.08. The molecule has 0 saturated carbocycles. The van der Waals surface area contributed by atoms with Crippen molar-refractivity contribution in [2.45, 2.75) is 19.4 Å². The van der Waals surface area contributed by atoms with Crippen LogP contribution in [-0.4, -0.2) is 32.2 Å². The molecule has 0 bridgehead atoms. The molecule has 0 aromatic heterocycles. The van der Waals surface area contributed by atoms with Gasteiger partial charge in [-0.1, -0.05) is 6.07 Å². The van der Waals surface area contributed by atoms with E-state index in [9.17, 15) is 9.18 Å². The van der Waals surface area contributed by atoms with E-state index in [1.165, 1.54) is 17.0 Å². The molecule has 0 aliphatic carbocycles. The van der Waals surface area contributed by atoms with Gasteiger partial charge in [-0.3, -0.25) is 4.79 Å². The summed E-state index contributed by atoms with van der Waals surface area (Å²) in [4.78, 5) is 13.6. The van der Waals surface area contributed by atoms with Crippen molar-refractivity contribution < 1.29 is 13.9 Å². The number of carbonyl (C=O) groups excluding carboxylic acids is 1. The molecule has 0 heterocycles. The van der Waals surface area contributed by atoms with Gasteiger partial charge in [0, 0.05) is 25.9 Å². The van der Waals surface area contributed by atoms with Crippen molar-refractivity contribution >= 4 is 11.6 Å². The lowest BCUT2D eigenvalue weighted by Crippen LogP contribution is -2.44. The van der Waals surface area contributed by atoms with E-state index in [0.717, 1.165) is 0 Å². The molecular formula is C13H19FN2O2. The molecule has 2 N–H and O–H groups in total. The third-order valence-corrected chi connectivity index (χ3v) is 2.65. The number of benzene rings is 1. The Kier molecular flexibility index (Phi) is 5.74. The van der Waals surface area contributed by atoms with Gasteiger partial charge in [0.25, 0.3) is 0 Å². The van der Waals surface area contributed by atoms with Gasteiger partial charge in [-0.25, -0.2) is 4.39 Å². The highest BCUT2D eigenvalue weighted by atomic mass is 19.1. The Hall–Kier alpha value is -1.46. The highest BCUT2D eigenvalue weighted by Crippen LogP contribution is 2.16. The van der Waals surface area contributed by atoms with Crippen LogP contribution in [-0.2, 0) is 9.53 Å². The molecule has 0 saturated heterocycles. The van der Waals surface area contributed by atoms with Gasteiger partial charge in [0.05, 0.1) is 6.04 Å². The smallest absolute Gasteiger partial charge is 0.243 e. The van der Waals surface area contributed by atoms with Crippen LogP contribution >= 0.6 is 0 Å². The van der Waals surface area contributed by atoms with Gasteiger partial charge in [0.1, 0.15) is 5.82 Å². The van der Waals surface area contributed by atoms with Crippen LogP contribution in [0.15, 0.2) is 24.3 Å². The first-order valence-electron chi connectivity index (χ1n) is 5.91. The quantitative estimate of drug-likeness (QED) is 0.837. The monoisotopic (exact) mass is 254 g/mol. The molecule has 0 aliphatic heterocycles. The summed E-state index contributed by atoms with van der Waals surface area (Å²) in [6, 6.07) is 5.29. The molecule has 5 heteroatoms. The van der Waals surface area contributed by atoms with Crippen LogP contribution in [0.2, 0.25) is 0 Å². The summed E-state index contributed by atoms with van der Waals surface area (Å²) in [5.41, 5.74) is 6.31. The molecule has 1 rings (SSSR count). The van der Waals surface area contributed by atoms with Gasteiger partial charge < -0.3 is 15.4 Å². The number of ether oxygens (including phenoxy) is 1. The number of hydrogen-bond acceptors (Lipinski definition) is 3. The maximum absolute atomic E-state index is 13.1. The van der Waals surface area contributed by atoms with E-state index in [-0.39, 0.29) is 11.7 Å². The van der Waals surface area contributed by atoms with Crippen molar-refractivity contribution in [2.75, 3.05) is 25.2 Å². The van der Waals surface area contributed by atoms with Crippen LogP contribution in [0.3, 0.4) is 0 Å². The highest BCUT2D eigenvalue weighted by Gasteiger charge is 2.21. The number of nitrogens with two attached hydrogens (primary N) is 1. The summed E-state index contributed by atoms with van der Waals surface area (Å²) in [6.07, 6.45) is 0.446. The largest absolute Gasteiger partial charge is 0.385 e. The molecule has 0 spiro atoms. The van der Waals surface area contributed by atoms with Crippen molar-refractivity contribution in [2.24, 2.45) is 5.73 Å². The third-order valence-electron chi connectivity index (χ3n) is 2.65. The lowest BCUT2D eigenvalue weighted by molar-refractivity contribution is -0.120. The molecule has 4 nitrogen and oxygen atoms in total. The van der Waals surface area contributed by atoms with E-state index in [2.05, 4.69) is 0 Å². The van der Waals surface area contributed by atoms with Gasteiger partial charge >= 0.3 is 0 Å². The van der Waals surface area contributed by atoms with Crippen molar-refractivity contribution in [3.8, 4) is 0 Å². The molecule has 1 atom stereocenters. The Balaban J connectivity index is 2.79. The lowest BCUT2D eigenvalue weighted by Gasteiger charge is -2.24. The topological polar surface area (TPSA) is 55.6 Å². The molecule has 1 aromatic carbocycles. The van der Waals surface area contributed by atoms with Gasteiger partial charge in [0.15, 0.2) is 0 Å². The molecule has 0 radical (unpaired) electrons. The molecule has 0 fully saturated rings. The summed E-state index contributed by atoms with van der Waals surface area (Å²) in [6.45, 7) is 2.70. The maximum Gasteiger partial charge on any atom is 0.243 e. The van der Waals surface area contributed by atoms with Crippen LogP contribution in [0.25, 0.3) is 0 Å². The van der Waals surface area contributed by atoms with Crippen LogP contribution in [0.5, 0.6) is 0 Å². The summed E-state index contributed by atoms with van der Waals surface area (Å²) in [5, 5.41) is 0. The Bertz CT molecular complexity index is 398. The average Bonchev–Trinajstić information content (AvgIpc) is 2.36. The first kappa shape index (κ1) is 14.6. The van der Waals surface area contributed by atoms with E-state index in [1.54, 1.807) is 19.2 Å². The highest BCUT2D eigenvalue weighted by molar-refractivity contribution is 5.96. The predicted molar refractivity (Wildman–Crippen MR) is 68.9 cm³/mol. The standard InChI is InChI=1S/C13H19FN2O2/c1-3-16(11-6-4-5-10(14)9-11)13(17)12(15)7-8-18-2/h4-6,9,12H,3,7-8,15H2,1-2H3. The van der Waals surface area contributed by atoms with Crippen LogP contribution in [0.1, 0.15) is 13.3 Å². The first-order valence-corrected chi connectivity index (χ1v) is 5.91. The molecule has 1 amide bonds. The van der Waals surface area contributed by atoms with Gasteiger partial charge in [0.2, 0.25) is 5.91 Å². The third kappa shape index (κ3) is 3.78. The number of rotatable bonds is 6. The van der Waals surface area contributed by atoms with Crippen molar-refractivity contribution in [1.29, 1.82) is 0 Å². The van der Waals surface area contributed by atoms with Gasteiger partial charge in [-0.2, -0.15) is 0 Å². The number of amides is 1. The maximum atomic E-state index is 13.1. The number of methoxy groups -OCH3 is 1. The Morgan fingerprint density at radius 1 is 1.56 bits per heavy atom. The second-order valence-electron chi connectivity index (χ2n) is 3.95.